The van der Waals surface area contributed by atoms with Crippen molar-refractivity contribution in [3.8, 4) is 6.07 Å². The number of nitrogens with zero attached hydrogens (tertiary/aromatic N) is 4. The zero-order chi connectivity index (χ0) is 28.5. The van der Waals surface area contributed by atoms with Gasteiger partial charge in [0, 0.05) is 30.5 Å². The number of piperidine rings is 2. The Kier molecular flexibility index (Phi) is 7.36. The SMILES string of the molecule is CC(C)(C)OC(=O)N1CCC(CC#N)(n2nc(Nc3ccc([C@]4(C)CCCCN4)cc3)c3c(=O)[nH]ccc32)CC1. The van der Waals surface area contributed by atoms with Crippen LogP contribution in [0.2, 0.25) is 0 Å². The van der Waals surface area contributed by atoms with E-state index >= 15 is 0 Å². The standard InChI is InChI=1S/C30H39N7O3/c1-28(2,3)40-27(39)36-19-14-30(13-16-31,15-20-36)37-23-11-18-32-26(38)24(23)25(35-37)34-22-9-7-21(8-10-22)29(4)12-5-6-17-33-29/h7-11,18,33H,5-6,12-15,17,19-20H2,1-4H3,(H,32,38)(H,34,35)/t29-/m0/s1. The van der Waals surface area contributed by atoms with Crippen LogP contribution in [-0.2, 0) is 15.8 Å². The van der Waals surface area contributed by atoms with Gasteiger partial charge in [-0.2, -0.15) is 10.4 Å². The van der Waals surface area contributed by atoms with Gasteiger partial charge in [0.15, 0.2) is 5.82 Å². The topological polar surface area (TPSA) is 128 Å². The van der Waals surface area contributed by atoms with Gasteiger partial charge in [0.2, 0.25) is 0 Å². The molecule has 0 saturated carbocycles. The Morgan fingerprint density at radius 1 is 1.15 bits per heavy atom. The lowest BCUT2D eigenvalue weighted by molar-refractivity contribution is 0.0110. The number of nitrogens with one attached hydrogen (secondary N) is 3. The van der Waals surface area contributed by atoms with Gasteiger partial charge >= 0.3 is 6.09 Å². The molecule has 40 heavy (non-hydrogen) atoms. The summed E-state index contributed by atoms with van der Waals surface area (Å²) in [4.78, 5) is 30.2. The zero-order valence-electron chi connectivity index (χ0n) is 23.8. The molecule has 0 unspecified atom stereocenters. The molecule has 0 radical (unpaired) electrons. The molecule has 10 nitrogen and oxygen atoms in total. The molecule has 2 aliphatic heterocycles. The number of pyridine rings is 1. The smallest absolute Gasteiger partial charge is 0.410 e. The number of nitriles is 1. The number of rotatable bonds is 5. The summed E-state index contributed by atoms with van der Waals surface area (Å²) in [6.45, 7) is 9.65. The van der Waals surface area contributed by atoms with Gasteiger partial charge < -0.3 is 25.3 Å². The number of hydrogen-bond acceptors (Lipinski definition) is 7. The lowest BCUT2D eigenvalue weighted by atomic mass is 9.84. The molecule has 5 rings (SSSR count). The molecule has 3 N–H and O–H groups in total. The summed E-state index contributed by atoms with van der Waals surface area (Å²) >= 11 is 0. The number of carbonyl (C=O) groups excluding carboxylic acids is 1. The van der Waals surface area contributed by atoms with Crippen LogP contribution in [0.15, 0.2) is 41.3 Å². The molecule has 1 amide bonds. The number of likely N-dealkylation sites (tertiary alicyclic amines) is 1. The second-order valence-electron chi connectivity index (χ2n) is 12.3. The van der Waals surface area contributed by atoms with Gasteiger partial charge in [-0.25, -0.2) is 4.79 Å². The number of ether oxygens (including phenoxy) is 1. The van der Waals surface area contributed by atoms with Crippen molar-refractivity contribution in [3.63, 3.8) is 0 Å². The molecule has 1 atom stereocenters. The Hall–Kier alpha value is -3.84. The van der Waals surface area contributed by atoms with E-state index in [1.165, 1.54) is 18.4 Å². The average molecular weight is 546 g/mol. The molecule has 0 bridgehead atoms. The first-order valence-corrected chi connectivity index (χ1v) is 14.1. The second-order valence-corrected chi connectivity index (χ2v) is 12.3. The van der Waals surface area contributed by atoms with E-state index in [9.17, 15) is 14.9 Å². The first kappa shape index (κ1) is 27.7. The molecule has 4 heterocycles. The maximum absolute atomic E-state index is 13.0. The normalized spacial score (nSPS) is 21.1. The van der Waals surface area contributed by atoms with Crippen molar-refractivity contribution in [2.24, 2.45) is 0 Å². The van der Waals surface area contributed by atoms with Crippen LogP contribution in [0.3, 0.4) is 0 Å². The molecule has 0 aliphatic carbocycles. The van der Waals surface area contributed by atoms with E-state index in [2.05, 4.69) is 40.7 Å². The number of hydrogen-bond donors (Lipinski definition) is 3. The maximum atomic E-state index is 13.0. The van der Waals surface area contributed by atoms with Crippen molar-refractivity contribution in [1.29, 1.82) is 5.26 Å². The molecule has 3 aromatic rings. The fourth-order valence-corrected chi connectivity index (χ4v) is 5.93. The minimum absolute atomic E-state index is 0.0416. The lowest BCUT2D eigenvalue weighted by Gasteiger charge is -2.41. The number of aromatic amines is 1. The van der Waals surface area contributed by atoms with Gasteiger partial charge in [-0.3, -0.25) is 9.48 Å². The molecular formula is C30H39N7O3. The monoisotopic (exact) mass is 545 g/mol. The van der Waals surface area contributed by atoms with E-state index in [1.807, 2.05) is 43.7 Å². The van der Waals surface area contributed by atoms with E-state index in [1.54, 1.807) is 11.1 Å². The molecule has 2 saturated heterocycles. The largest absolute Gasteiger partial charge is 0.444 e. The first-order chi connectivity index (χ1) is 19.0. The highest BCUT2D eigenvalue weighted by atomic mass is 16.6. The Morgan fingerprint density at radius 3 is 2.50 bits per heavy atom. The number of anilines is 2. The summed E-state index contributed by atoms with van der Waals surface area (Å²) in [5.74, 6) is 0.443. The van der Waals surface area contributed by atoms with Gasteiger partial charge in [-0.05, 0) is 83.7 Å². The van der Waals surface area contributed by atoms with Crippen LogP contribution in [0.4, 0.5) is 16.3 Å². The summed E-state index contributed by atoms with van der Waals surface area (Å²) in [5, 5.41) is 22.2. The minimum atomic E-state index is -0.662. The Morgan fingerprint density at radius 2 is 1.88 bits per heavy atom. The fourth-order valence-electron chi connectivity index (χ4n) is 5.93. The second kappa shape index (κ2) is 10.6. The fraction of sp³-hybridized carbons (Fsp3) is 0.533. The Balaban J connectivity index is 1.44. The molecule has 212 valence electrons. The van der Waals surface area contributed by atoms with Crippen LogP contribution in [-0.4, -0.2) is 51.0 Å². The summed E-state index contributed by atoms with van der Waals surface area (Å²) < 4.78 is 7.39. The van der Waals surface area contributed by atoms with Gasteiger partial charge in [-0.1, -0.05) is 18.6 Å². The van der Waals surface area contributed by atoms with Crippen LogP contribution in [0.5, 0.6) is 0 Å². The predicted molar refractivity (Wildman–Crippen MR) is 155 cm³/mol. The molecule has 0 spiro atoms. The lowest BCUT2D eigenvalue weighted by Crippen LogP contribution is -2.49. The van der Waals surface area contributed by atoms with Crippen LogP contribution in [0.25, 0.3) is 10.9 Å². The summed E-state index contributed by atoms with van der Waals surface area (Å²) in [7, 11) is 0. The highest BCUT2D eigenvalue weighted by Crippen LogP contribution is 2.38. The number of benzene rings is 1. The molecule has 2 fully saturated rings. The minimum Gasteiger partial charge on any atom is -0.444 e. The van der Waals surface area contributed by atoms with Gasteiger partial charge in [0.1, 0.15) is 11.0 Å². The highest BCUT2D eigenvalue weighted by molar-refractivity contribution is 5.91. The van der Waals surface area contributed by atoms with Crippen LogP contribution >= 0.6 is 0 Å². The third kappa shape index (κ3) is 5.43. The van der Waals surface area contributed by atoms with Crippen molar-refractivity contribution in [1.82, 2.24) is 25.0 Å². The van der Waals surface area contributed by atoms with Gasteiger partial charge in [0.25, 0.3) is 5.56 Å². The van der Waals surface area contributed by atoms with Crippen molar-refractivity contribution in [2.45, 2.75) is 82.9 Å². The third-order valence-corrected chi connectivity index (χ3v) is 8.21. The first-order valence-electron chi connectivity index (χ1n) is 14.1. The molecular weight excluding hydrogens is 506 g/mol. The van der Waals surface area contributed by atoms with Crippen molar-refractivity contribution >= 4 is 28.5 Å². The number of amides is 1. The number of carbonyl (C=O) groups is 1. The Bertz CT molecular complexity index is 1460. The van der Waals surface area contributed by atoms with E-state index in [0.717, 1.165) is 18.7 Å². The van der Waals surface area contributed by atoms with Gasteiger partial charge in [0.05, 0.1) is 23.5 Å². The van der Waals surface area contributed by atoms with E-state index in [0.29, 0.717) is 42.7 Å². The zero-order valence-corrected chi connectivity index (χ0v) is 23.8. The number of fused-ring (bicyclic) bond motifs is 1. The van der Waals surface area contributed by atoms with Crippen LogP contribution < -0.4 is 16.2 Å². The summed E-state index contributed by atoms with van der Waals surface area (Å²) in [6.07, 6.45) is 5.99. The van der Waals surface area contributed by atoms with Crippen molar-refractivity contribution in [3.05, 3.63) is 52.4 Å². The van der Waals surface area contributed by atoms with Crippen molar-refractivity contribution in [2.75, 3.05) is 25.0 Å². The molecule has 2 aromatic heterocycles. The maximum Gasteiger partial charge on any atom is 0.410 e. The molecule has 1 aromatic carbocycles. The van der Waals surface area contributed by atoms with E-state index in [-0.39, 0.29) is 23.6 Å². The predicted octanol–water partition coefficient (Wildman–Crippen LogP) is 5.10. The van der Waals surface area contributed by atoms with E-state index < -0.39 is 11.1 Å². The number of aromatic nitrogens is 3. The van der Waals surface area contributed by atoms with Crippen LogP contribution in [0, 0.1) is 11.3 Å². The van der Waals surface area contributed by atoms with Crippen LogP contribution in [0.1, 0.15) is 71.8 Å². The van der Waals surface area contributed by atoms with Crippen molar-refractivity contribution < 1.29 is 9.53 Å². The molecule has 10 heteroatoms. The van der Waals surface area contributed by atoms with Gasteiger partial charge in [-0.15, -0.1) is 0 Å². The molecule has 2 aliphatic rings. The van der Waals surface area contributed by atoms with E-state index in [4.69, 9.17) is 9.84 Å². The quantitative estimate of drug-likeness (QED) is 0.407. The average Bonchev–Trinajstić information content (AvgIpc) is 3.29. The highest BCUT2D eigenvalue weighted by Gasteiger charge is 2.41. The Labute approximate surface area is 234 Å². The third-order valence-electron chi connectivity index (χ3n) is 8.21. The summed E-state index contributed by atoms with van der Waals surface area (Å²) in [6, 6.07) is 12.4. The number of H-pyrrole nitrogens is 1. The summed E-state index contributed by atoms with van der Waals surface area (Å²) in [5.41, 5.74) is 1.18.